The topological polar surface area (TPSA) is 82.3 Å². The Kier molecular flexibility index (Phi) is 4.89. The van der Waals surface area contributed by atoms with Gasteiger partial charge in [0.05, 0.1) is 26.5 Å². The first-order valence-electron chi connectivity index (χ1n) is 6.34. The van der Waals surface area contributed by atoms with Crippen molar-refractivity contribution in [2.75, 3.05) is 20.8 Å². The molecule has 2 aromatic rings. The van der Waals surface area contributed by atoms with E-state index in [1.165, 1.54) is 0 Å². The van der Waals surface area contributed by atoms with Crippen molar-refractivity contribution in [3.63, 3.8) is 0 Å². The third kappa shape index (κ3) is 3.24. The molecule has 0 amide bonds. The number of ether oxygens (including phenoxy) is 2. The Bertz CT molecular complexity index is 556. The van der Waals surface area contributed by atoms with Crippen molar-refractivity contribution >= 4 is 0 Å². The third-order valence-electron chi connectivity index (χ3n) is 2.86. The van der Waals surface area contributed by atoms with Gasteiger partial charge in [-0.05, 0) is 12.8 Å². The molecule has 20 heavy (non-hydrogen) atoms. The van der Waals surface area contributed by atoms with Gasteiger partial charge in [-0.2, -0.15) is 0 Å². The molecule has 0 atom stereocenters. The zero-order valence-corrected chi connectivity index (χ0v) is 11.6. The smallest absolute Gasteiger partial charge is 0.184 e. The molecule has 0 fully saturated rings. The first-order chi connectivity index (χ1) is 9.78. The van der Waals surface area contributed by atoms with E-state index in [1.807, 2.05) is 6.20 Å². The highest BCUT2D eigenvalue weighted by Crippen LogP contribution is 2.29. The van der Waals surface area contributed by atoms with Crippen molar-refractivity contribution in [2.24, 2.45) is 0 Å². The summed E-state index contributed by atoms with van der Waals surface area (Å²) in [6.07, 6.45) is 4.90. The summed E-state index contributed by atoms with van der Waals surface area (Å²) in [7, 11) is 3.17. The predicted octanol–water partition coefficient (Wildman–Crippen LogP) is 0.663. The minimum Gasteiger partial charge on any atom is -0.493 e. The molecule has 0 bridgehead atoms. The summed E-state index contributed by atoms with van der Waals surface area (Å²) in [5.41, 5.74) is 1.58. The molecule has 108 valence electrons. The second-order valence-corrected chi connectivity index (χ2v) is 4.23. The average Bonchev–Trinajstić information content (AvgIpc) is 2.92. The van der Waals surface area contributed by atoms with Gasteiger partial charge in [-0.25, -0.2) is 4.68 Å². The first kappa shape index (κ1) is 14.3. The Balaban J connectivity index is 2.15. The zero-order chi connectivity index (χ0) is 14.4. The van der Waals surface area contributed by atoms with Crippen LogP contribution in [0.25, 0.3) is 0 Å². The number of aliphatic hydroxyl groups excluding tert-OH is 1. The Morgan fingerprint density at radius 1 is 1.30 bits per heavy atom. The van der Waals surface area contributed by atoms with Crippen LogP contribution in [0.4, 0.5) is 0 Å². The molecule has 0 aliphatic rings. The molecule has 0 aromatic carbocycles. The van der Waals surface area contributed by atoms with Crippen LogP contribution in [0.3, 0.4) is 0 Å². The number of hydrogen-bond acceptors (Lipinski definition) is 6. The van der Waals surface area contributed by atoms with Crippen molar-refractivity contribution < 1.29 is 14.6 Å². The maximum Gasteiger partial charge on any atom is 0.184 e. The molecule has 7 heteroatoms. The van der Waals surface area contributed by atoms with Gasteiger partial charge >= 0.3 is 0 Å². The zero-order valence-electron chi connectivity index (χ0n) is 11.6. The number of nitrogens with zero attached hydrogens (tertiary/aromatic N) is 4. The van der Waals surface area contributed by atoms with Crippen LogP contribution in [0.1, 0.15) is 17.8 Å². The van der Waals surface area contributed by atoms with Gasteiger partial charge in [0.2, 0.25) is 0 Å². The van der Waals surface area contributed by atoms with Gasteiger partial charge in [-0.1, -0.05) is 5.21 Å². The lowest BCUT2D eigenvalue weighted by atomic mass is 10.2. The number of rotatable bonds is 7. The van der Waals surface area contributed by atoms with E-state index in [9.17, 15) is 0 Å². The largest absolute Gasteiger partial charge is 0.493 e. The van der Waals surface area contributed by atoms with Gasteiger partial charge in [-0.3, -0.25) is 4.98 Å². The van der Waals surface area contributed by atoms with E-state index in [1.54, 1.807) is 31.2 Å². The maximum atomic E-state index is 8.80. The van der Waals surface area contributed by atoms with Crippen LogP contribution < -0.4 is 9.47 Å². The highest BCUT2D eigenvalue weighted by molar-refractivity contribution is 5.42. The van der Waals surface area contributed by atoms with Crippen LogP contribution in [0.15, 0.2) is 18.5 Å². The molecule has 7 nitrogen and oxygen atoms in total. The summed E-state index contributed by atoms with van der Waals surface area (Å²) < 4.78 is 12.3. The van der Waals surface area contributed by atoms with Crippen LogP contribution in [-0.4, -0.2) is 45.9 Å². The fourth-order valence-electron chi connectivity index (χ4n) is 1.91. The fraction of sp³-hybridized carbons (Fsp3) is 0.462. The second-order valence-electron chi connectivity index (χ2n) is 4.23. The van der Waals surface area contributed by atoms with Crippen molar-refractivity contribution in [2.45, 2.75) is 19.4 Å². The number of methoxy groups -OCH3 is 2. The predicted molar refractivity (Wildman–Crippen MR) is 71.9 cm³/mol. The van der Waals surface area contributed by atoms with Crippen LogP contribution in [0.5, 0.6) is 11.5 Å². The van der Waals surface area contributed by atoms with Crippen molar-refractivity contribution in [3.8, 4) is 11.5 Å². The summed E-state index contributed by atoms with van der Waals surface area (Å²) in [5, 5.41) is 16.9. The third-order valence-corrected chi connectivity index (χ3v) is 2.86. The molecule has 1 N–H and O–H groups in total. The maximum absolute atomic E-state index is 8.80. The van der Waals surface area contributed by atoms with Crippen molar-refractivity contribution in [1.29, 1.82) is 0 Å². The molecule has 0 aliphatic heterocycles. The van der Waals surface area contributed by atoms with E-state index in [0.29, 0.717) is 30.9 Å². The minimum absolute atomic E-state index is 0.151. The number of pyridine rings is 1. The standard InChI is InChI=1S/C13H18N4O3/c1-19-12-5-6-14-11(13(12)20-2)9-17-8-10(15-16-17)4-3-7-18/h5-6,8,18H,3-4,7,9H2,1-2H3. The van der Waals surface area contributed by atoms with Crippen LogP contribution in [0, 0.1) is 0 Å². The Hall–Kier alpha value is -2.15. The van der Waals surface area contributed by atoms with Gasteiger partial charge in [0, 0.05) is 25.1 Å². The molecule has 2 rings (SSSR count). The van der Waals surface area contributed by atoms with Crippen molar-refractivity contribution in [3.05, 3.63) is 29.8 Å². The van der Waals surface area contributed by atoms with E-state index in [2.05, 4.69) is 15.3 Å². The molecule has 0 saturated heterocycles. The first-order valence-corrected chi connectivity index (χ1v) is 6.34. The van der Waals surface area contributed by atoms with E-state index < -0.39 is 0 Å². The normalized spacial score (nSPS) is 10.6. The Labute approximate surface area is 117 Å². The van der Waals surface area contributed by atoms with E-state index in [4.69, 9.17) is 14.6 Å². The second kappa shape index (κ2) is 6.85. The molecule has 0 aliphatic carbocycles. The average molecular weight is 278 g/mol. The van der Waals surface area contributed by atoms with Crippen LogP contribution >= 0.6 is 0 Å². The monoisotopic (exact) mass is 278 g/mol. The lowest BCUT2D eigenvalue weighted by molar-refractivity contribution is 0.288. The summed E-state index contributed by atoms with van der Waals surface area (Å²) in [6.45, 7) is 0.602. The summed E-state index contributed by atoms with van der Waals surface area (Å²) in [5.74, 6) is 1.24. The molecule has 2 heterocycles. The quantitative estimate of drug-likeness (QED) is 0.801. The van der Waals surface area contributed by atoms with Gasteiger partial charge < -0.3 is 14.6 Å². The van der Waals surface area contributed by atoms with Gasteiger partial charge in [-0.15, -0.1) is 5.10 Å². The molecular weight excluding hydrogens is 260 g/mol. The van der Waals surface area contributed by atoms with E-state index in [-0.39, 0.29) is 6.61 Å². The van der Waals surface area contributed by atoms with E-state index >= 15 is 0 Å². The van der Waals surface area contributed by atoms with Gasteiger partial charge in [0.1, 0.15) is 5.69 Å². The molecular formula is C13H18N4O3. The fourth-order valence-corrected chi connectivity index (χ4v) is 1.91. The number of aromatic nitrogens is 4. The highest BCUT2D eigenvalue weighted by Gasteiger charge is 2.12. The molecule has 0 unspecified atom stereocenters. The lowest BCUT2D eigenvalue weighted by Crippen LogP contribution is -2.05. The van der Waals surface area contributed by atoms with Crippen LogP contribution in [0.2, 0.25) is 0 Å². The van der Waals surface area contributed by atoms with E-state index in [0.717, 1.165) is 11.4 Å². The SMILES string of the molecule is COc1ccnc(Cn2cc(CCCO)nn2)c1OC. The van der Waals surface area contributed by atoms with Crippen LogP contribution in [-0.2, 0) is 13.0 Å². The molecule has 2 aromatic heterocycles. The summed E-state index contributed by atoms with van der Waals surface area (Å²) >= 11 is 0. The van der Waals surface area contributed by atoms with Gasteiger partial charge in [0.15, 0.2) is 11.5 Å². The lowest BCUT2D eigenvalue weighted by Gasteiger charge is -2.11. The number of aryl methyl sites for hydroxylation is 1. The Morgan fingerprint density at radius 3 is 2.85 bits per heavy atom. The molecule has 0 spiro atoms. The highest BCUT2D eigenvalue weighted by atomic mass is 16.5. The summed E-state index contributed by atoms with van der Waals surface area (Å²) in [4.78, 5) is 4.29. The van der Waals surface area contributed by atoms with Crippen molar-refractivity contribution in [1.82, 2.24) is 20.0 Å². The Morgan fingerprint density at radius 2 is 2.15 bits per heavy atom. The summed E-state index contributed by atoms with van der Waals surface area (Å²) in [6, 6.07) is 1.75. The number of hydrogen-bond donors (Lipinski definition) is 1. The molecule has 0 radical (unpaired) electrons. The number of aliphatic hydroxyl groups is 1. The van der Waals surface area contributed by atoms with Gasteiger partial charge in [0.25, 0.3) is 0 Å². The molecule has 0 saturated carbocycles. The minimum atomic E-state index is 0.151.